The number of carbonyl (C=O) groups excluding carboxylic acids is 2. The van der Waals surface area contributed by atoms with Crippen molar-refractivity contribution in [2.24, 2.45) is 0 Å². The van der Waals surface area contributed by atoms with Crippen LogP contribution in [0.3, 0.4) is 0 Å². The van der Waals surface area contributed by atoms with E-state index in [0.29, 0.717) is 54.0 Å². The summed E-state index contributed by atoms with van der Waals surface area (Å²) in [7, 11) is 3.10. The molecule has 154 valence electrons. The number of rotatable bonds is 6. The van der Waals surface area contributed by atoms with Crippen LogP contribution < -0.4 is 14.8 Å². The first kappa shape index (κ1) is 21.0. The van der Waals surface area contributed by atoms with Crippen molar-refractivity contribution in [2.45, 2.75) is 0 Å². The standard InChI is InChI=1S/C21H24ClN3O4/c1-28-15-7-8-16(19(13-15)29-2)21(27)25-11-9-24(10-12-25)14-20(26)23-18-6-4-3-5-17(18)22/h3-8,13H,9-12,14H2,1-2H3,(H,23,26). The first-order chi connectivity index (χ1) is 14.0. The van der Waals surface area contributed by atoms with Crippen molar-refractivity contribution in [1.29, 1.82) is 0 Å². The summed E-state index contributed by atoms with van der Waals surface area (Å²) >= 11 is 6.08. The minimum Gasteiger partial charge on any atom is -0.497 e. The highest BCUT2D eigenvalue weighted by Gasteiger charge is 2.25. The van der Waals surface area contributed by atoms with Gasteiger partial charge in [0.1, 0.15) is 11.5 Å². The average Bonchev–Trinajstić information content (AvgIpc) is 2.75. The Morgan fingerprint density at radius 1 is 1.03 bits per heavy atom. The van der Waals surface area contributed by atoms with Gasteiger partial charge in [-0.2, -0.15) is 0 Å². The molecular weight excluding hydrogens is 394 g/mol. The van der Waals surface area contributed by atoms with Gasteiger partial charge in [-0.3, -0.25) is 14.5 Å². The van der Waals surface area contributed by atoms with E-state index in [1.807, 2.05) is 17.0 Å². The summed E-state index contributed by atoms with van der Waals surface area (Å²) in [6.45, 7) is 2.54. The van der Waals surface area contributed by atoms with Crippen LogP contribution in [0.1, 0.15) is 10.4 Å². The molecule has 1 aliphatic heterocycles. The molecule has 2 amide bonds. The Hall–Kier alpha value is -2.77. The fourth-order valence-electron chi connectivity index (χ4n) is 3.21. The molecule has 2 aromatic carbocycles. The third-order valence-corrected chi connectivity index (χ3v) is 5.14. The first-order valence-electron chi connectivity index (χ1n) is 9.30. The van der Waals surface area contributed by atoms with Crippen LogP contribution in [0.15, 0.2) is 42.5 Å². The number of para-hydroxylation sites is 1. The molecule has 0 spiro atoms. The molecular formula is C21H24ClN3O4. The second kappa shape index (κ2) is 9.62. The molecule has 2 aromatic rings. The maximum absolute atomic E-state index is 12.9. The quantitative estimate of drug-likeness (QED) is 0.782. The predicted molar refractivity (Wildman–Crippen MR) is 112 cm³/mol. The zero-order valence-corrected chi connectivity index (χ0v) is 17.2. The number of anilines is 1. The fraction of sp³-hybridized carbons (Fsp3) is 0.333. The average molecular weight is 418 g/mol. The predicted octanol–water partition coefficient (Wildman–Crippen LogP) is 2.75. The van der Waals surface area contributed by atoms with Gasteiger partial charge in [-0.25, -0.2) is 0 Å². The molecule has 1 fully saturated rings. The van der Waals surface area contributed by atoms with Crippen LogP contribution in [0.2, 0.25) is 5.02 Å². The van der Waals surface area contributed by atoms with Crippen molar-refractivity contribution in [3.8, 4) is 11.5 Å². The van der Waals surface area contributed by atoms with Crippen molar-refractivity contribution < 1.29 is 19.1 Å². The zero-order chi connectivity index (χ0) is 20.8. The second-order valence-corrected chi connectivity index (χ2v) is 7.07. The number of halogens is 1. The number of nitrogens with zero attached hydrogens (tertiary/aromatic N) is 2. The molecule has 1 saturated heterocycles. The third kappa shape index (κ3) is 5.19. The summed E-state index contributed by atoms with van der Waals surface area (Å²) in [4.78, 5) is 29.0. The van der Waals surface area contributed by atoms with Crippen molar-refractivity contribution in [3.05, 3.63) is 53.1 Å². The van der Waals surface area contributed by atoms with Gasteiger partial charge in [0.05, 0.1) is 37.0 Å². The van der Waals surface area contributed by atoms with Crippen molar-refractivity contribution in [1.82, 2.24) is 9.80 Å². The highest BCUT2D eigenvalue weighted by atomic mass is 35.5. The maximum Gasteiger partial charge on any atom is 0.257 e. The maximum atomic E-state index is 12.9. The number of piperazine rings is 1. The number of ether oxygens (including phenoxy) is 2. The summed E-state index contributed by atoms with van der Waals surface area (Å²) in [6.07, 6.45) is 0. The minimum absolute atomic E-state index is 0.0929. The molecule has 0 aliphatic carbocycles. The highest BCUT2D eigenvalue weighted by molar-refractivity contribution is 6.33. The lowest BCUT2D eigenvalue weighted by atomic mass is 10.1. The highest BCUT2D eigenvalue weighted by Crippen LogP contribution is 2.26. The van der Waals surface area contributed by atoms with Crippen LogP contribution in [-0.2, 0) is 4.79 Å². The van der Waals surface area contributed by atoms with E-state index in [2.05, 4.69) is 5.32 Å². The SMILES string of the molecule is COc1ccc(C(=O)N2CCN(CC(=O)Nc3ccccc3Cl)CC2)c(OC)c1. The molecule has 0 atom stereocenters. The molecule has 0 radical (unpaired) electrons. The smallest absolute Gasteiger partial charge is 0.257 e. The van der Waals surface area contributed by atoms with Crippen LogP contribution in [-0.4, -0.2) is 68.6 Å². The third-order valence-electron chi connectivity index (χ3n) is 4.81. The van der Waals surface area contributed by atoms with Crippen molar-refractivity contribution in [2.75, 3.05) is 52.3 Å². The number of nitrogens with one attached hydrogen (secondary N) is 1. The van der Waals surface area contributed by atoms with Gasteiger partial charge in [0, 0.05) is 32.2 Å². The minimum atomic E-state index is -0.130. The molecule has 0 aromatic heterocycles. The van der Waals surface area contributed by atoms with Crippen LogP contribution in [0.5, 0.6) is 11.5 Å². The number of benzene rings is 2. The van der Waals surface area contributed by atoms with Gasteiger partial charge in [-0.15, -0.1) is 0 Å². The normalized spacial score (nSPS) is 14.4. The van der Waals surface area contributed by atoms with Crippen LogP contribution in [0.25, 0.3) is 0 Å². The van der Waals surface area contributed by atoms with E-state index < -0.39 is 0 Å². The lowest BCUT2D eigenvalue weighted by molar-refractivity contribution is -0.117. The van der Waals surface area contributed by atoms with Gasteiger partial charge in [0.2, 0.25) is 5.91 Å². The van der Waals surface area contributed by atoms with E-state index >= 15 is 0 Å². The summed E-state index contributed by atoms with van der Waals surface area (Å²) in [5.74, 6) is 0.892. The van der Waals surface area contributed by atoms with E-state index in [9.17, 15) is 9.59 Å². The van der Waals surface area contributed by atoms with E-state index in [1.54, 1.807) is 42.3 Å². The van der Waals surface area contributed by atoms with Gasteiger partial charge in [-0.1, -0.05) is 23.7 Å². The molecule has 1 N–H and O–H groups in total. The van der Waals surface area contributed by atoms with E-state index in [0.717, 1.165) is 0 Å². The molecule has 1 heterocycles. The number of carbonyl (C=O) groups is 2. The lowest BCUT2D eigenvalue weighted by Crippen LogP contribution is -2.50. The Bertz CT molecular complexity index is 882. The number of hydrogen-bond acceptors (Lipinski definition) is 5. The van der Waals surface area contributed by atoms with Gasteiger partial charge < -0.3 is 19.7 Å². The fourth-order valence-corrected chi connectivity index (χ4v) is 3.39. The lowest BCUT2D eigenvalue weighted by Gasteiger charge is -2.34. The zero-order valence-electron chi connectivity index (χ0n) is 16.5. The summed E-state index contributed by atoms with van der Waals surface area (Å²) in [5.41, 5.74) is 1.10. The van der Waals surface area contributed by atoms with Crippen molar-refractivity contribution >= 4 is 29.1 Å². The van der Waals surface area contributed by atoms with E-state index in [1.165, 1.54) is 7.11 Å². The number of methoxy groups -OCH3 is 2. The van der Waals surface area contributed by atoms with Crippen LogP contribution in [0.4, 0.5) is 5.69 Å². The summed E-state index contributed by atoms with van der Waals surface area (Å²) in [6, 6.07) is 12.3. The Balaban J connectivity index is 1.54. The van der Waals surface area contributed by atoms with E-state index in [4.69, 9.17) is 21.1 Å². The molecule has 3 rings (SSSR count). The Kier molecular flexibility index (Phi) is 6.95. The largest absolute Gasteiger partial charge is 0.497 e. The second-order valence-electron chi connectivity index (χ2n) is 6.66. The molecule has 0 saturated carbocycles. The molecule has 0 bridgehead atoms. The van der Waals surface area contributed by atoms with Gasteiger partial charge in [0.15, 0.2) is 0 Å². The topological polar surface area (TPSA) is 71.1 Å². The van der Waals surface area contributed by atoms with E-state index in [-0.39, 0.29) is 18.4 Å². The summed E-state index contributed by atoms with van der Waals surface area (Å²) < 4.78 is 10.5. The Morgan fingerprint density at radius 2 is 1.76 bits per heavy atom. The molecule has 7 nitrogen and oxygen atoms in total. The number of amides is 2. The number of hydrogen-bond donors (Lipinski definition) is 1. The Labute approximate surface area is 175 Å². The van der Waals surface area contributed by atoms with Crippen LogP contribution in [0, 0.1) is 0 Å². The van der Waals surface area contributed by atoms with Gasteiger partial charge in [0.25, 0.3) is 5.91 Å². The van der Waals surface area contributed by atoms with Crippen LogP contribution >= 0.6 is 11.6 Å². The summed E-state index contributed by atoms with van der Waals surface area (Å²) in [5, 5.41) is 3.33. The first-order valence-corrected chi connectivity index (χ1v) is 9.67. The monoisotopic (exact) mass is 417 g/mol. The molecule has 29 heavy (non-hydrogen) atoms. The van der Waals surface area contributed by atoms with Crippen molar-refractivity contribution in [3.63, 3.8) is 0 Å². The van der Waals surface area contributed by atoms with Gasteiger partial charge in [-0.05, 0) is 24.3 Å². The molecule has 8 heteroatoms. The Morgan fingerprint density at radius 3 is 2.41 bits per heavy atom. The molecule has 0 unspecified atom stereocenters. The molecule has 1 aliphatic rings. The van der Waals surface area contributed by atoms with Gasteiger partial charge >= 0.3 is 0 Å².